The Morgan fingerprint density at radius 3 is 2.49 bits per heavy atom. The van der Waals surface area contributed by atoms with Crippen molar-refractivity contribution in [2.24, 2.45) is 0 Å². The molecule has 0 radical (unpaired) electrons. The van der Waals surface area contributed by atoms with Crippen molar-refractivity contribution in [3.63, 3.8) is 0 Å². The number of carbonyl (C=O) groups is 1. The third-order valence-corrected chi connectivity index (χ3v) is 8.93. The van der Waals surface area contributed by atoms with Crippen molar-refractivity contribution >= 4 is 32.4 Å². The molecule has 3 aromatic rings. The third kappa shape index (κ3) is 4.60. The van der Waals surface area contributed by atoms with Crippen LogP contribution in [0.2, 0.25) is 0 Å². The molecule has 1 fully saturated rings. The standard InChI is InChI=1S/C27H31N3O4S/c1-34-26-11-10-21(35(32,33)30-14-6-2-3-7-15-30)18-23(26)27(31)29-16-12-20(13-17-29)24-19-28-25-9-5-4-8-22(24)25/h4-5,8-12,18-19,28H,2-3,6-7,13-17H2,1H3. The van der Waals surface area contributed by atoms with Gasteiger partial charge in [-0.2, -0.15) is 4.31 Å². The second-order valence-corrected chi connectivity index (χ2v) is 11.1. The van der Waals surface area contributed by atoms with E-state index in [0.29, 0.717) is 31.9 Å². The highest BCUT2D eigenvalue weighted by Crippen LogP contribution is 2.31. The van der Waals surface area contributed by atoms with E-state index in [1.54, 1.807) is 21.3 Å². The van der Waals surface area contributed by atoms with Crippen molar-refractivity contribution in [2.75, 3.05) is 33.3 Å². The average Bonchev–Trinajstić information content (AvgIpc) is 3.12. The quantitative estimate of drug-likeness (QED) is 0.560. The van der Waals surface area contributed by atoms with Gasteiger partial charge in [0.25, 0.3) is 5.91 Å². The van der Waals surface area contributed by atoms with Crippen molar-refractivity contribution in [1.29, 1.82) is 0 Å². The molecule has 0 spiro atoms. The molecule has 3 heterocycles. The normalized spacial score (nSPS) is 17.7. The van der Waals surface area contributed by atoms with Crippen LogP contribution in [0.25, 0.3) is 16.5 Å². The molecular weight excluding hydrogens is 462 g/mol. The van der Waals surface area contributed by atoms with Gasteiger partial charge in [0.2, 0.25) is 10.0 Å². The Morgan fingerprint density at radius 2 is 1.77 bits per heavy atom. The number of nitrogens with one attached hydrogen (secondary N) is 1. The summed E-state index contributed by atoms with van der Waals surface area (Å²) in [6, 6.07) is 12.8. The summed E-state index contributed by atoms with van der Waals surface area (Å²) in [6.07, 6.45) is 8.64. The van der Waals surface area contributed by atoms with E-state index in [0.717, 1.165) is 43.2 Å². The minimum atomic E-state index is -3.66. The van der Waals surface area contributed by atoms with Crippen LogP contribution < -0.4 is 4.74 Å². The molecule has 35 heavy (non-hydrogen) atoms. The number of sulfonamides is 1. The van der Waals surface area contributed by atoms with Crippen LogP contribution in [-0.4, -0.2) is 61.8 Å². The lowest BCUT2D eigenvalue weighted by molar-refractivity contribution is 0.0769. The Labute approximate surface area is 206 Å². The third-order valence-electron chi connectivity index (χ3n) is 7.04. The van der Waals surface area contributed by atoms with E-state index in [-0.39, 0.29) is 16.4 Å². The molecule has 5 rings (SSSR count). The van der Waals surface area contributed by atoms with Crippen LogP contribution in [0.5, 0.6) is 5.75 Å². The number of amides is 1. The second kappa shape index (κ2) is 9.87. The van der Waals surface area contributed by atoms with Crippen molar-refractivity contribution in [3.05, 3.63) is 65.9 Å². The number of methoxy groups -OCH3 is 1. The Hall–Kier alpha value is -3.10. The van der Waals surface area contributed by atoms with Gasteiger partial charge in [-0.3, -0.25) is 4.79 Å². The molecule has 2 aliphatic rings. The number of benzene rings is 2. The number of aromatic amines is 1. The summed E-state index contributed by atoms with van der Waals surface area (Å²) in [4.78, 5) is 18.7. The SMILES string of the molecule is COc1ccc(S(=O)(=O)N2CCCCCC2)cc1C(=O)N1CC=C(c2c[nH]c3ccccc23)CC1. The van der Waals surface area contributed by atoms with Gasteiger partial charge in [0, 0.05) is 48.8 Å². The number of rotatable bonds is 5. The highest BCUT2D eigenvalue weighted by molar-refractivity contribution is 7.89. The van der Waals surface area contributed by atoms with Crippen LogP contribution >= 0.6 is 0 Å². The lowest BCUT2D eigenvalue weighted by Crippen LogP contribution is -2.35. The monoisotopic (exact) mass is 493 g/mol. The fourth-order valence-corrected chi connectivity index (χ4v) is 6.60. The molecule has 1 aromatic heterocycles. The summed E-state index contributed by atoms with van der Waals surface area (Å²) >= 11 is 0. The minimum absolute atomic E-state index is 0.149. The fourth-order valence-electron chi connectivity index (χ4n) is 5.05. The molecule has 0 saturated carbocycles. The summed E-state index contributed by atoms with van der Waals surface area (Å²) in [5.41, 5.74) is 3.74. The Bertz CT molecular complexity index is 1370. The van der Waals surface area contributed by atoms with Crippen LogP contribution in [0.4, 0.5) is 0 Å². The van der Waals surface area contributed by atoms with Gasteiger partial charge in [-0.1, -0.05) is 37.1 Å². The number of hydrogen-bond donors (Lipinski definition) is 1. The summed E-state index contributed by atoms with van der Waals surface area (Å²) in [5, 5.41) is 1.17. The lowest BCUT2D eigenvalue weighted by atomic mass is 9.98. The zero-order valence-electron chi connectivity index (χ0n) is 20.0. The van der Waals surface area contributed by atoms with Gasteiger partial charge in [0.15, 0.2) is 0 Å². The van der Waals surface area contributed by atoms with E-state index >= 15 is 0 Å². The maximum atomic E-state index is 13.5. The molecule has 2 aromatic carbocycles. The van der Waals surface area contributed by atoms with Crippen LogP contribution in [0, 0.1) is 0 Å². The average molecular weight is 494 g/mol. The summed E-state index contributed by atoms with van der Waals surface area (Å²) < 4.78 is 33.6. The molecule has 2 aliphatic heterocycles. The molecule has 1 N–H and O–H groups in total. The van der Waals surface area contributed by atoms with Gasteiger partial charge < -0.3 is 14.6 Å². The summed E-state index contributed by atoms with van der Waals surface area (Å²) in [6.45, 7) is 2.05. The van der Waals surface area contributed by atoms with Crippen molar-refractivity contribution in [2.45, 2.75) is 37.0 Å². The van der Waals surface area contributed by atoms with E-state index in [1.807, 2.05) is 18.3 Å². The molecule has 184 valence electrons. The minimum Gasteiger partial charge on any atom is -0.496 e. The molecule has 0 aliphatic carbocycles. The van der Waals surface area contributed by atoms with Gasteiger partial charge in [0.05, 0.1) is 17.6 Å². The zero-order chi connectivity index (χ0) is 24.4. The maximum absolute atomic E-state index is 13.5. The first kappa shape index (κ1) is 23.6. The molecular formula is C27H31N3O4S. The highest BCUT2D eigenvalue weighted by atomic mass is 32.2. The number of H-pyrrole nitrogens is 1. The maximum Gasteiger partial charge on any atom is 0.257 e. The number of carbonyl (C=O) groups excluding carboxylic acids is 1. The Balaban J connectivity index is 1.39. The van der Waals surface area contributed by atoms with Crippen LogP contribution in [0.1, 0.15) is 48.0 Å². The smallest absolute Gasteiger partial charge is 0.257 e. The first-order chi connectivity index (χ1) is 17.0. The van der Waals surface area contributed by atoms with E-state index in [4.69, 9.17) is 4.74 Å². The first-order valence-electron chi connectivity index (χ1n) is 12.2. The van der Waals surface area contributed by atoms with E-state index in [9.17, 15) is 13.2 Å². The lowest BCUT2D eigenvalue weighted by Gasteiger charge is -2.27. The number of hydrogen-bond acceptors (Lipinski definition) is 4. The Morgan fingerprint density at radius 1 is 1.00 bits per heavy atom. The number of para-hydroxylation sites is 1. The predicted octanol–water partition coefficient (Wildman–Crippen LogP) is 4.67. The van der Waals surface area contributed by atoms with E-state index in [1.165, 1.54) is 24.1 Å². The number of aromatic nitrogens is 1. The molecule has 7 nitrogen and oxygen atoms in total. The predicted molar refractivity (Wildman–Crippen MR) is 137 cm³/mol. The van der Waals surface area contributed by atoms with Gasteiger partial charge >= 0.3 is 0 Å². The Kier molecular flexibility index (Phi) is 6.67. The molecule has 0 bridgehead atoms. The topological polar surface area (TPSA) is 82.7 Å². The zero-order valence-corrected chi connectivity index (χ0v) is 20.8. The van der Waals surface area contributed by atoms with Gasteiger partial charge in [-0.15, -0.1) is 0 Å². The summed E-state index contributed by atoms with van der Waals surface area (Å²) in [5.74, 6) is 0.167. The molecule has 1 amide bonds. The van der Waals surface area contributed by atoms with Crippen molar-refractivity contribution in [1.82, 2.24) is 14.2 Å². The van der Waals surface area contributed by atoms with Crippen molar-refractivity contribution in [3.8, 4) is 5.75 Å². The number of fused-ring (bicyclic) bond motifs is 1. The molecule has 1 saturated heterocycles. The summed E-state index contributed by atoms with van der Waals surface area (Å²) in [7, 11) is -2.16. The van der Waals surface area contributed by atoms with Crippen LogP contribution in [-0.2, 0) is 10.0 Å². The van der Waals surface area contributed by atoms with Crippen LogP contribution in [0.3, 0.4) is 0 Å². The second-order valence-electron chi connectivity index (χ2n) is 9.16. The van der Waals surface area contributed by atoms with Crippen LogP contribution in [0.15, 0.2) is 59.6 Å². The van der Waals surface area contributed by atoms with Gasteiger partial charge in [-0.05, 0) is 49.1 Å². The number of ether oxygens (including phenoxy) is 1. The first-order valence-corrected chi connectivity index (χ1v) is 13.7. The molecule has 0 atom stereocenters. The fraction of sp³-hybridized carbons (Fsp3) is 0.370. The molecule has 0 unspecified atom stereocenters. The van der Waals surface area contributed by atoms with Crippen molar-refractivity contribution < 1.29 is 17.9 Å². The highest BCUT2D eigenvalue weighted by Gasteiger charge is 2.29. The van der Waals surface area contributed by atoms with Gasteiger partial charge in [-0.25, -0.2) is 8.42 Å². The van der Waals surface area contributed by atoms with E-state index in [2.05, 4.69) is 23.2 Å². The molecule has 8 heteroatoms. The number of nitrogens with zero attached hydrogens (tertiary/aromatic N) is 2. The van der Waals surface area contributed by atoms with Gasteiger partial charge in [0.1, 0.15) is 5.75 Å². The van der Waals surface area contributed by atoms with E-state index < -0.39 is 10.0 Å². The largest absolute Gasteiger partial charge is 0.496 e.